The van der Waals surface area contributed by atoms with E-state index < -0.39 is 0 Å². The van der Waals surface area contributed by atoms with Crippen molar-refractivity contribution in [3.8, 4) is 11.3 Å². The maximum atomic E-state index is 8.86. The average molecular weight is 272 g/mol. The Morgan fingerprint density at radius 3 is 2.76 bits per heavy atom. The molecular formula is C11H11Cl2N3O. The van der Waals surface area contributed by atoms with Crippen molar-refractivity contribution in [1.82, 2.24) is 9.78 Å². The van der Waals surface area contributed by atoms with Crippen LogP contribution in [-0.4, -0.2) is 21.5 Å². The van der Waals surface area contributed by atoms with Gasteiger partial charge in [0.05, 0.1) is 23.9 Å². The molecule has 2 aromatic rings. The Balaban J connectivity index is 2.45. The summed E-state index contributed by atoms with van der Waals surface area (Å²) in [6.45, 7) is 0.332. The molecule has 2 rings (SSSR count). The smallest absolute Gasteiger partial charge is 0.122 e. The maximum absolute atomic E-state index is 8.86. The molecule has 0 amide bonds. The highest BCUT2D eigenvalue weighted by molar-refractivity contribution is 6.35. The normalized spacial score (nSPS) is 10.8. The Bertz CT molecular complexity index is 540. The van der Waals surface area contributed by atoms with E-state index in [-0.39, 0.29) is 6.61 Å². The first-order valence-electron chi connectivity index (χ1n) is 5.01. The molecular weight excluding hydrogens is 261 g/mol. The molecule has 1 aromatic heterocycles. The molecule has 4 nitrogen and oxygen atoms in total. The number of halogens is 2. The summed E-state index contributed by atoms with van der Waals surface area (Å²) < 4.78 is 1.52. The van der Waals surface area contributed by atoms with Gasteiger partial charge in [0, 0.05) is 16.7 Å². The fourth-order valence-electron chi connectivity index (χ4n) is 1.53. The second-order valence-corrected chi connectivity index (χ2v) is 4.37. The van der Waals surface area contributed by atoms with Crippen LogP contribution in [0.4, 0.5) is 5.82 Å². The van der Waals surface area contributed by atoms with Crippen LogP contribution in [0.3, 0.4) is 0 Å². The summed E-state index contributed by atoms with van der Waals surface area (Å²) in [5, 5.41) is 14.3. The van der Waals surface area contributed by atoms with Crippen LogP contribution in [0.25, 0.3) is 11.3 Å². The van der Waals surface area contributed by atoms with E-state index >= 15 is 0 Å². The van der Waals surface area contributed by atoms with Gasteiger partial charge in [-0.25, -0.2) is 4.68 Å². The SMILES string of the molecule is Nc1cc(-c2cc(Cl)ccc2Cl)nn1CCO. The van der Waals surface area contributed by atoms with Crippen LogP contribution in [0.15, 0.2) is 24.3 Å². The highest BCUT2D eigenvalue weighted by atomic mass is 35.5. The summed E-state index contributed by atoms with van der Waals surface area (Å²) in [4.78, 5) is 0. The molecule has 0 bridgehead atoms. The van der Waals surface area contributed by atoms with E-state index in [1.54, 1.807) is 24.3 Å². The zero-order chi connectivity index (χ0) is 12.4. The van der Waals surface area contributed by atoms with E-state index in [0.717, 1.165) is 5.56 Å². The predicted octanol–water partition coefficient (Wildman–Crippen LogP) is 2.43. The minimum atomic E-state index is -0.0192. The summed E-state index contributed by atoms with van der Waals surface area (Å²) in [6, 6.07) is 6.85. The topological polar surface area (TPSA) is 64.1 Å². The van der Waals surface area contributed by atoms with Gasteiger partial charge in [-0.05, 0) is 18.2 Å². The number of aromatic nitrogens is 2. The van der Waals surface area contributed by atoms with Crippen LogP contribution in [0.2, 0.25) is 10.0 Å². The van der Waals surface area contributed by atoms with E-state index in [1.807, 2.05) is 0 Å². The number of nitrogens with zero attached hydrogens (tertiary/aromatic N) is 2. The molecule has 1 aromatic carbocycles. The molecule has 0 saturated heterocycles. The van der Waals surface area contributed by atoms with E-state index in [1.165, 1.54) is 4.68 Å². The van der Waals surface area contributed by atoms with Gasteiger partial charge < -0.3 is 10.8 Å². The molecule has 17 heavy (non-hydrogen) atoms. The quantitative estimate of drug-likeness (QED) is 0.901. The van der Waals surface area contributed by atoms with E-state index in [0.29, 0.717) is 28.1 Å². The maximum Gasteiger partial charge on any atom is 0.122 e. The molecule has 0 fully saturated rings. The fourth-order valence-corrected chi connectivity index (χ4v) is 1.92. The lowest BCUT2D eigenvalue weighted by Crippen LogP contribution is -2.07. The highest BCUT2D eigenvalue weighted by Gasteiger charge is 2.10. The van der Waals surface area contributed by atoms with Gasteiger partial charge in [-0.15, -0.1) is 0 Å². The Morgan fingerprint density at radius 2 is 2.06 bits per heavy atom. The summed E-state index contributed by atoms with van der Waals surface area (Å²) in [5.41, 5.74) is 7.13. The second-order valence-electron chi connectivity index (χ2n) is 3.53. The highest BCUT2D eigenvalue weighted by Crippen LogP contribution is 2.30. The zero-order valence-electron chi connectivity index (χ0n) is 8.90. The number of aliphatic hydroxyl groups excluding tert-OH is 1. The van der Waals surface area contributed by atoms with Crippen molar-refractivity contribution in [2.75, 3.05) is 12.3 Å². The van der Waals surface area contributed by atoms with E-state index in [4.69, 9.17) is 34.0 Å². The molecule has 0 saturated carbocycles. The van der Waals surface area contributed by atoms with Gasteiger partial charge in [-0.2, -0.15) is 5.10 Å². The minimum absolute atomic E-state index is 0.0192. The van der Waals surface area contributed by atoms with Crippen molar-refractivity contribution in [3.63, 3.8) is 0 Å². The van der Waals surface area contributed by atoms with Crippen LogP contribution >= 0.6 is 23.2 Å². The fraction of sp³-hybridized carbons (Fsp3) is 0.182. The number of rotatable bonds is 3. The first-order chi connectivity index (χ1) is 8.11. The van der Waals surface area contributed by atoms with Crippen LogP contribution in [0, 0.1) is 0 Å². The molecule has 1 heterocycles. The largest absolute Gasteiger partial charge is 0.394 e. The monoisotopic (exact) mass is 271 g/mol. The van der Waals surface area contributed by atoms with Gasteiger partial charge in [0.15, 0.2) is 0 Å². The number of anilines is 1. The molecule has 0 atom stereocenters. The Labute approximate surface area is 109 Å². The molecule has 0 aliphatic rings. The predicted molar refractivity (Wildman–Crippen MR) is 69.2 cm³/mol. The van der Waals surface area contributed by atoms with Crippen LogP contribution in [-0.2, 0) is 6.54 Å². The van der Waals surface area contributed by atoms with Crippen molar-refractivity contribution in [1.29, 1.82) is 0 Å². The standard InChI is InChI=1S/C11H11Cl2N3O/c12-7-1-2-9(13)8(5-7)10-6-11(14)16(15-10)3-4-17/h1-2,5-6,17H,3-4,14H2. The third-order valence-corrected chi connectivity index (χ3v) is 2.89. The van der Waals surface area contributed by atoms with Crippen molar-refractivity contribution < 1.29 is 5.11 Å². The number of nitrogens with two attached hydrogens (primary N) is 1. The molecule has 0 spiro atoms. The molecule has 6 heteroatoms. The van der Waals surface area contributed by atoms with Gasteiger partial charge in [0.25, 0.3) is 0 Å². The van der Waals surface area contributed by atoms with Gasteiger partial charge in [-0.3, -0.25) is 0 Å². The number of aliphatic hydroxyl groups is 1. The third-order valence-electron chi connectivity index (χ3n) is 2.33. The van der Waals surface area contributed by atoms with Gasteiger partial charge in [-0.1, -0.05) is 23.2 Å². The van der Waals surface area contributed by atoms with Crippen molar-refractivity contribution in [2.24, 2.45) is 0 Å². The molecule has 0 aliphatic heterocycles. The Hall–Kier alpha value is -1.23. The number of hydrogen-bond donors (Lipinski definition) is 2. The van der Waals surface area contributed by atoms with Crippen LogP contribution in [0.1, 0.15) is 0 Å². The summed E-state index contributed by atoms with van der Waals surface area (Å²) in [7, 11) is 0. The third kappa shape index (κ3) is 2.54. The second kappa shape index (κ2) is 4.96. The summed E-state index contributed by atoms with van der Waals surface area (Å²) in [6.07, 6.45) is 0. The van der Waals surface area contributed by atoms with Crippen molar-refractivity contribution in [3.05, 3.63) is 34.3 Å². The first-order valence-corrected chi connectivity index (χ1v) is 5.77. The van der Waals surface area contributed by atoms with E-state index in [9.17, 15) is 0 Å². The number of nitrogen functional groups attached to an aromatic ring is 1. The molecule has 0 aliphatic carbocycles. The molecule has 0 unspecified atom stereocenters. The molecule has 0 radical (unpaired) electrons. The average Bonchev–Trinajstić information content (AvgIpc) is 2.64. The Kier molecular flexibility index (Phi) is 3.57. The van der Waals surface area contributed by atoms with Gasteiger partial charge in [0.2, 0.25) is 0 Å². The van der Waals surface area contributed by atoms with Gasteiger partial charge >= 0.3 is 0 Å². The van der Waals surface area contributed by atoms with Crippen molar-refractivity contribution in [2.45, 2.75) is 6.54 Å². The lowest BCUT2D eigenvalue weighted by molar-refractivity contribution is 0.270. The minimum Gasteiger partial charge on any atom is -0.394 e. The zero-order valence-corrected chi connectivity index (χ0v) is 10.4. The number of hydrogen-bond acceptors (Lipinski definition) is 3. The number of benzene rings is 1. The molecule has 3 N–H and O–H groups in total. The Morgan fingerprint density at radius 1 is 1.29 bits per heavy atom. The first kappa shape index (κ1) is 12.2. The molecule has 90 valence electrons. The lowest BCUT2D eigenvalue weighted by atomic mass is 10.1. The summed E-state index contributed by atoms with van der Waals surface area (Å²) >= 11 is 12.0. The van der Waals surface area contributed by atoms with Gasteiger partial charge in [0.1, 0.15) is 5.82 Å². The lowest BCUT2D eigenvalue weighted by Gasteiger charge is -2.01. The van der Waals surface area contributed by atoms with Crippen LogP contribution in [0.5, 0.6) is 0 Å². The van der Waals surface area contributed by atoms with Crippen molar-refractivity contribution >= 4 is 29.0 Å². The van der Waals surface area contributed by atoms with E-state index in [2.05, 4.69) is 5.10 Å². The van der Waals surface area contributed by atoms with Crippen LogP contribution < -0.4 is 5.73 Å². The summed E-state index contributed by atoms with van der Waals surface area (Å²) in [5.74, 6) is 0.477.